The lowest BCUT2D eigenvalue weighted by Crippen LogP contribution is -2.47. The van der Waals surface area contributed by atoms with Crippen LogP contribution in [-0.2, 0) is 0 Å². The first-order valence-electron chi connectivity index (χ1n) is 22.8. The number of aromatic nitrogens is 8. The van der Waals surface area contributed by atoms with Crippen molar-refractivity contribution in [1.82, 2.24) is 55.0 Å². The summed E-state index contributed by atoms with van der Waals surface area (Å²) in [6, 6.07) is 35.0. The molecule has 2 saturated heterocycles. The van der Waals surface area contributed by atoms with Gasteiger partial charge in [0.05, 0.1) is 18.0 Å². The minimum Gasteiger partial charge on any atom is -0.493 e. The zero-order valence-electron chi connectivity index (χ0n) is 38.4. The van der Waals surface area contributed by atoms with Crippen LogP contribution in [0.5, 0.6) is 5.75 Å². The summed E-state index contributed by atoms with van der Waals surface area (Å²) in [5.74, 6) is 2.48. The summed E-state index contributed by atoms with van der Waals surface area (Å²) in [5, 5.41) is 22.0. The van der Waals surface area contributed by atoms with Crippen LogP contribution in [0.15, 0.2) is 134 Å². The van der Waals surface area contributed by atoms with E-state index in [1.54, 1.807) is 12.4 Å². The molecule has 2 fully saturated rings. The van der Waals surface area contributed by atoms with Gasteiger partial charge in [-0.05, 0) is 107 Å². The Balaban J connectivity index is 0.000000170. The molecule has 4 aromatic carbocycles. The number of piperazine rings is 1. The minimum absolute atomic E-state index is 0.0393. The SMILES string of the molecule is CN1CCN(C(=O)c2cccc(Nc3nccc(-c4c[nH]nc4-c4ccc(Cl)cc4)n3)c2)CC1.Cc1ccc(-c2n[nH]cc2-c2ccnc(Nc3cccc(OCC4CCN(C)CC4)c3)n2)cc1. The summed E-state index contributed by atoms with van der Waals surface area (Å²) < 4.78 is 6.10. The van der Waals surface area contributed by atoms with E-state index in [1.807, 2.05) is 102 Å². The van der Waals surface area contributed by atoms with Crippen molar-refractivity contribution < 1.29 is 9.53 Å². The number of aryl methyl sites for hydroxylation is 1. The Bertz CT molecular complexity index is 2920. The maximum atomic E-state index is 12.9. The predicted molar refractivity (Wildman–Crippen MR) is 268 cm³/mol. The van der Waals surface area contributed by atoms with E-state index in [1.165, 1.54) is 18.4 Å². The highest BCUT2D eigenvalue weighted by Crippen LogP contribution is 2.32. The Morgan fingerprint density at radius 2 is 1.22 bits per heavy atom. The Morgan fingerprint density at radius 1 is 0.676 bits per heavy atom. The Kier molecular flexibility index (Phi) is 14.4. The third kappa shape index (κ3) is 11.6. The second kappa shape index (κ2) is 21.4. The van der Waals surface area contributed by atoms with Gasteiger partial charge in [0.1, 0.15) is 17.1 Å². The van der Waals surface area contributed by atoms with Gasteiger partial charge >= 0.3 is 0 Å². The van der Waals surface area contributed by atoms with Crippen LogP contribution in [0, 0.1) is 12.8 Å². The average Bonchev–Trinajstić information content (AvgIpc) is 4.07. The van der Waals surface area contributed by atoms with Crippen LogP contribution in [0.3, 0.4) is 0 Å². The van der Waals surface area contributed by atoms with E-state index in [2.05, 4.69) is 101 Å². The third-order valence-corrected chi connectivity index (χ3v) is 12.4. The molecule has 8 aromatic rings. The third-order valence-electron chi connectivity index (χ3n) is 12.2. The van der Waals surface area contributed by atoms with Crippen molar-refractivity contribution in [2.75, 3.05) is 70.6 Å². The standard InChI is InChI=1S/C27H30N6O.C25H24ClN7O/c1-19-6-8-21(9-7-19)26-24(17-29-32-26)25-10-13-28-27(31-25)30-22-4-3-5-23(16-22)34-18-20-11-14-33(2)15-12-20;1-32-11-13-33(14-12-32)24(34)18-3-2-4-20(15-18)29-25-27-10-9-22(30-25)21-16-28-31-23(21)17-5-7-19(26)8-6-17/h3-10,13,16-17,20H,11-12,14-15,18H2,1-2H3,(H,29,32)(H,28,30,31);2-10,15-16H,11-14H2,1H3,(H,28,31)(H,27,29,30). The number of halogens is 1. The van der Waals surface area contributed by atoms with Gasteiger partial charge in [0.2, 0.25) is 11.9 Å². The number of anilines is 4. The van der Waals surface area contributed by atoms with Gasteiger partial charge in [-0.2, -0.15) is 10.2 Å². The molecule has 4 aromatic heterocycles. The first kappa shape index (κ1) is 45.7. The van der Waals surface area contributed by atoms with E-state index in [4.69, 9.17) is 21.3 Å². The largest absolute Gasteiger partial charge is 0.493 e. The smallest absolute Gasteiger partial charge is 0.254 e. The lowest BCUT2D eigenvalue weighted by atomic mass is 9.98. The summed E-state index contributed by atoms with van der Waals surface area (Å²) in [7, 11) is 4.25. The molecule has 15 nitrogen and oxygen atoms in total. The number of carbonyl (C=O) groups excluding carboxylic acids is 1. The summed E-state index contributed by atoms with van der Waals surface area (Å²) in [6.07, 6.45) is 9.52. The van der Waals surface area contributed by atoms with Gasteiger partial charge in [-0.15, -0.1) is 0 Å². The molecule has 2 aliphatic rings. The van der Waals surface area contributed by atoms with Gasteiger partial charge in [-0.1, -0.05) is 65.7 Å². The Hall–Kier alpha value is -7.46. The van der Waals surface area contributed by atoms with Crippen LogP contribution in [0.2, 0.25) is 5.02 Å². The van der Waals surface area contributed by atoms with Crippen LogP contribution < -0.4 is 15.4 Å². The first-order valence-corrected chi connectivity index (χ1v) is 23.2. The fraction of sp³-hybridized carbons (Fsp3) is 0.250. The number of piperidine rings is 1. The fourth-order valence-electron chi connectivity index (χ4n) is 8.15. The fourth-order valence-corrected chi connectivity index (χ4v) is 8.28. The number of ether oxygens (including phenoxy) is 1. The first-order chi connectivity index (χ1) is 33.2. The minimum atomic E-state index is 0.0393. The highest BCUT2D eigenvalue weighted by Gasteiger charge is 2.21. The normalized spacial score (nSPS) is 14.5. The van der Waals surface area contributed by atoms with Gasteiger partial charge in [0.15, 0.2) is 0 Å². The number of hydrogen-bond donors (Lipinski definition) is 4. The molecule has 68 heavy (non-hydrogen) atoms. The van der Waals surface area contributed by atoms with Crippen molar-refractivity contribution in [3.63, 3.8) is 0 Å². The highest BCUT2D eigenvalue weighted by atomic mass is 35.5. The molecule has 1 amide bonds. The molecule has 10 rings (SSSR count). The maximum absolute atomic E-state index is 12.9. The van der Waals surface area contributed by atoms with E-state index in [-0.39, 0.29) is 5.91 Å². The number of amides is 1. The van der Waals surface area contributed by atoms with E-state index in [9.17, 15) is 4.79 Å². The predicted octanol–water partition coefficient (Wildman–Crippen LogP) is 9.62. The monoisotopic (exact) mass is 927 g/mol. The Morgan fingerprint density at radius 3 is 1.82 bits per heavy atom. The molecular weight excluding hydrogens is 874 g/mol. The van der Waals surface area contributed by atoms with Crippen LogP contribution in [-0.4, -0.2) is 121 Å². The summed E-state index contributed by atoms with van der Waals surface area (Å²) in [5.41, 5.74) is 10.4. The number of carbonyl (C=O) groups is 1. The lowest BCUT2D eigenvalue weighted by molar-refractivity contribution is 0.0664. The quantitative estimate of drug-likeness (QED) is 0.0917. The molecule has 0 bridgehead atoms. The number of nitrogens with zero attached hydrogens (tertiary/aromatic N) is 9. The second-order valence-corrected chi connectivity index (χ2v) is 17.6. The molecule has 0 saturated carbocycles. The molecule has 2 aliphatic heterocycles. The van der Waals surface area contributed by atoms with E-state index in [0.29, 0.717) is 28.4 Å². The summed E-state index contributed by atoms with van der Waals surface area (Å²) in [6.45, 7) is 8.36. The van der Waals surface area contributed by atoms with Crippen LogP contribution >= 0.6 is 11.6 Å². The number of hydrogen-bond acceptors (Lipinski definition) is 12. The molecule has 0 radical (unpaired) electrons. The van der Waals surface area contributed by atoms with E-state index >= 15 is 0 Å². The number of nitrogens with one attached hydrogen (secondary N) is 4. The zero-order chi connectivity index (χ0) is 46.8. The van der Waals surface area contributed by atoms with Crippen LogP contribution in [0.1, 0.15) is 28.8 Å². The second-order valence-electron chi connectivity index (χ2n) is 17.2. The molecule has 0 spiro atoms. The number of likely N-dealkylation sites (tertiary alicyclic amines) is 1. The molecule has 4 N–H and O–H groups in total. The molecule has 0 aliphatic carbocycles. The lowest BCUT2D eigenvalue weighted by Gasteiger charge is -2.32. The number of H-pyrrole nitrogens is 2. The molecule has 0 unspecified atom stereocenters. The van der Waals surface area contributed by atoms with Gasteiger partial charge in [0.25, 0.3) is 5.91 Å². The van der Waals surface area contributed by atoms with Crippen molar-refractivity contribution >= 4 is 40.8 Å². The number of aromatic amines is 2. The number of benzene rings is 4. The number of likely N-dealkylation sites (N-methyl/N-ethyl adjacent to an activating group) is 1. The van der Waals surface area contributed by atoms with Gasteiger partial charge < -0.3 is 30.1 Å². The maximum Gasteiger partial charge on any atom is 0.254 e. The molecule has 346 valence electrons. The van der Waals surface area contributed by atoms with Crippen molar-refractivity contribution in [1.29, 1.82) is 0 Å². The molecule has 0 atom stereocenters. The molecule has 16 heteroatoms. The number of rotatable bonds is 12. The van der Waals surface area contributed by atoms with Crippen molar-refractivity contribution in [3.8, 4) is 50.8 Å². The van der Waals surface area contributed by atoms with Crippen molar-refractivity contribution in [2.45, 2.75) is 19.8 Å². The van der Waals surface area contributed by atoms with E-state index in [0.717, 1.165) is 108 Å². The molecular formula is C52H54ClN13O2. The van der Waals surface area contributed by atoms with Crippen molar-refractivity contribution in [2.24, 2.45) is 5.92 Å². The average molecular weight is 929 g/mol. The zero-order valence-corrected chi connectivity index (χ0v) is 39.1. The topological polar surface area (TPSA) is 169 Å². The Labute approximate surface area is 401 Å². The van der Waals surface area contributed by atoms with Crippen LogP contribution in [0.25, 0.3) is 45.0 Å². The summed E-state index contributed by atoms with van der Waals surface area (Å²) >= 11 is 6.03. The van der Waals surface area contributed by atoms with E-state index < -0.39 is 0 Å². The summed E-state index contributed by atoms with van der Waals surface area (Å²) in [4.78, 5) is 37.6. The molecule has 6 heterocycles. The van der Waals surface area contributed by atoms with Gasteiger partial charge in [0, 0.05) is 101 Å². The van der Waals surface area contributed by atoms with Gasteiger partial charge in [-0.25, -0.2) is 19.9 Å². The highest BCUT2D eigenvalue weighted by molar-refractivity contribution is 6.30. The van der Waals surface area contributed by atoms with Gasteiger partial charge in [-0.3, -0.25) is 15.0 Å². The van der Waals surface area contributed by atoms with Crippen LogP contribution in [0.4, 0.5) is 23.3 Å². The van der Waals surface area contributed by atoms with Crippen molar-refractivity contribution in [3.05, 3.63) is 150 Å².